The Morgan fingerprint density at radius 1 is 0.933 bits per heavy atom. The summed E-state index contributed by atoms with van der Waals surface area (Å²) in [6.45, 7) is 19.2. The zero-order valence-electron chi connectivity index (χ0n) is 38.1. The van der Waals surface area contributed by atoms with E-state index in [1.54, 1.807) is 23.2 Å². The molecule has 336 valence electrons. The summed E-state index contributed by atoms with van der Waals surface area (Å²) in [6, 6.07) is 6.51. The van der Waals surface area contributed by atoms with Gasteiger partial charge in [-0.2, -0.15) is 12.6 Å². The normalized spacial score (nSPS) is 27.0. The molecule has 2 fully saturated rings. The van der Waals surface area contributed by atoms with Crippen LogP contribution in [0.2, 0.25) is 0 Å². The van der Waals surface area contributed by atoms with Crippen molar-refractivity contribution in [3.63, 3.8) is 0 Å². The van der Waals surface area contributed by atoms with E-state index in [1.165, 1.54) is 50.5 Å². The van der Waals surface area contributed by atoms with Crippen molar-refractivity contribution >= 4 is 42.6 Å². The van der Waals surface area contributed by atoms with Gasteiger partial charge in [-0.25, -0.2) is 4.79 Å². The van der Waals surface area contributed by atoms with E-state index in [0.717, 1.165) is 49.0 Å². The van der Waals surface area contributed by atoms with Gasteiger partial charge in [0.05, 0.1) is 5.56 Å². The number of hydrogen-bond acceptors (Lipinski definition) is 7. The van der Waals surface area contributed by atoms with Gasteiger partial charge >= 0.3 is 5.97 Å². The average Bonchev–Trinajstić information content (AvgIpc) is 3.22. The molecule has 0 spiro atoms. The standard InChI is InChI=1S/C48H80N8O3S/c1-8-32(3)13-10-14-33(4)40(9-2)47(6)24-22-41-39(34(47)5)20-19-37-29-38(21-23-48(37,41)7)59-44(58)36-17-15-35(16-18-36)30-55-42(31-60)43(57)56(27-11-25-53-45(49)50)28-12-26-54-46(51)52/h15-19,30,32-34,38-42,60H,8-14,20-29,31H2,1-7H3,(H4,49,50,53)(H4,51,52,54). The molecule has 10 unspecified atom stereocenters. The molecule has 0 aliphatic heterocycles. The number of carbonyl (C=O) groups is 2. The number of nitrogens with two attached hydrogens (primary N) is 4. The van der Waals surface area contributed by atoms with E-state index in [0.29, 0.717) is 67.8 Å². The molecular formula is C48H80N8O3S. The zero-order valence-corrected chi connectivity index (χ0v) is 39.0. The molecule has 1 amide bonds. The minimum atomic E-state index is -0.696. The van der Waals surface area contributed by atoms with Gasteiger partial charge in [0.25, 0.3) is 0 Å². The Bertz CT molecular complexity index is 1630. The highest BCUT2D eigenvalue weighted by Gasteiger charge is 2.55. The predicted molar refractivity (Wildman–Crippen MR) is 252 cm³/mol. The van der Waals surface area contributed by atoms with E-state index in [4.69, 9.17) is 27.7 Å². The van der Waals surface area contributed by atoms with E-state index in [1.807, 2.05) is 12.1 Å². The number of guanidine groups is 2. The molecular weight excluding hydrogens is 769 g/mol. The molecule has 4 rings (SSSR count). The largest absolute Gasteiger partial charge is 0.458 e. The summed E-state index contributed by atoms with van der Waals surface area (Å²) >= 11 is 4.44. The maximum atomic E-state index is 13.5. The Kier molecular flexibility index (Phi) is 18.9. The maximum Gasteiger partial charge on any atom is 0.338 e. The molecule has 1 aromatic rings. The van der Waals surface area contributed by atoms with Crippen LogP contribution in [0.5, 0.6) is 0 Å². The maximum absolute atomic E-state index is 13.5. The highest BCUT2D eigenvalue weighted by atomic mass is 32.1. The summed E-state index contributed by atoms with van der Waals surface area (Å²) in [4.78, 5) is 41.4. The minimum Gasteiger partial charge on any atom is -0.458 e. The van der Waals surface area contributed by atoms with Crippen LogP contribution in [-0.4, -0.2) is 79.0 Å². The van der Waals surface area contributed by atoms with Crippen LogP contribution in [0.4, 0.5) is 0 Å². The molecule has 0 radical (unpaired) electrons. The van der Waals surface area contributed by atoms with Gasteiger partial charge in [0.2, 0.25) is 5.91 Å². The second kappa shape index (κ2) is 23.1. The number of ether oxygens (including phenoxy) is 1. The third-order valence-corrected chi connectivity index (χ3v) is 15.5. The lowest BCUT2D eigenvalue weighted by Gasteiger charge is -2.60. The second-order valence-electron chi connectivity index (χ2n) is 18.9. The number of benzene rings is 1. The summed E-state index contributed by atoms with van der Waals surface area (Å²) in [5, 5.41) is 0. The number of rotatable bonds is 22. The van der Waals surface area contributed by atoms with Crippen molar-refractivity contribution in [3.8, 4) is 0 Å². The summed E-state index contributed by atoms with van der Waals surface area (Å²) < 4.78 is 6.19. The number of hydrogen-bond donors (Lipinski definition) is 5. The first-order valence-electron chi connectivity index (χ1n) is 23.1. The highest BCUT2D eigenvalue weighted by molar-refractivity contribution is 7.80. The van der Waals surface area contributed by atoms with Crippen molar-refractivity contribution in [2.75, 3.05) is 31.9 Å². The number of allylic oxidation sites excluding steroid dienone is 1. The smallest absolute Gasteiger partial charge is 0.338 e. The molecule has 0 aromatic heterocycles. The van der Waals surface area contributed by atoms with Crippen LogP contribution in [0.15, 0.2) is 50.9 Å². The predicted octanol–water partition coefficient (Wildman–Crippen LogP) is 8.15. The molecule has 0 heterocycles. The number of thiol groups is 1. The fourth-order valence-electron chi connectivity index (χ4n) is 11.2. The Balaban J connectivity index is 1.34. The molecule has 3 aliphatic rings. The van der Waals surface area contributed by atoms with Gasteiger partial charge in [-0.3, -0.25) is 19.8 Å². The van der Waals surface area contributed by atoms with Crippen LogP contribution in [0, 0.1) is 46.3 Å². The summed E-state index contributed by atoms with van der Waals surface area (Å²) in [5.41, 5.74) is 25.2. The van der Waals surface area contributed by atoms with Crippen LogP contribution in [0.3, 0.4) is 0 Å². The lowest BCUT2D eigenvalue weighted by molar-refractivity contribution is -0.132. The number of fused-ring (bicyclic) bond motifs is 3. The summed E-state index contributed by atoms with van der Waals surface area (Å²) in [7, 11) is 0. The Labute approximate surface area is 367 Å². The van der Waals surface area contributed by atoms with Gasteiger partial charge in [0.1, 0.15) is 12.1 Å². The van der Waals surface area contributed by atoms with Crippen molar-refractivity contribution < 1.29 is 14.3 Å². The Morgan fingerprint density at radius 2 is 1.58 bits per heavy atom. The molecule has 2 saturated carbocycles. The molecule has 10 atom stereocenters. The van der Waals surface area contributed by atoms with E-state index in [9.17, 15) is 9.59 Å². The van der Waals surface area contributed by atoms with Crippen LogP contribution in [-0.2, 0) is 9.53 Å². The van der Waals surface area contributed by atoms with Crippen molar-refractivity contribution in [1.82, 2.24) is 4.90 Å². The van der Waals surface area contributed by atoms with Crippen LogP contribution >= 0.6 is 12.6 Å². The fourth-order valence-corrected chi connectivity index (χ4v) is 11.5. The molecule has 60 heavy (non-hydrogen) atoms. The lowest BCUT2D eigenvalue weighted by atomic mass is 9.45. The lowest BCUT2D eigenvalue weighted by Crippen LogP contribution is -2.52. The average molecular weight is 849 g/mol. The Hall–Kier alpha value is -3.54. The first kappa shape index (κ1) is 49.1. The van der Waals surface area contributed by atoms with Gasteiger partial charge in [0, 0.05) is 44.6 Å². The van der Waals surface area contributed by atoms with E-state index in [-0.39, 0.29) is 41.1 Å². The van der Waals surface area contributed by atoms with Crippen molar-refractivity contribution in [2.24, 2.45) is 84.2 Å². The quantitative estimate of drug-likeness (QED) is 0.0194. The van der Waals surface area contributed by atoms with Gasteiger partial charge in [-0.1, -0.05) is 104 Å². The van der Waals surface area contributed by atoms with Crippen molar-refractivity contribution in [1.29, 1.82) is 0 Å². The molecule has 12 heteroatoms. The van der Waals surface area contributed by atoms with Crippen molar-refractivity contribution in [2.45, 2.75) is 144 Å². The number of amides is 1. The molecule has 11 nitrogen and oxygen atoms in total. The van der Waals surface area contributed by atoms with E-state index >= 15 is 0 Å². The van der Waals surface area contributed by atoms with Gasteiger partial charge in [0.15, 0.2) is 11.9 Å². The van der Waals surface area contributed by atoms with E-state index < -0.39 is 6.04 Å². The van der Waals surface area contributed by atoms with Crippen molar-refractivity contribution in [3.05, 3.63) is 47.0 Å². The van der Waals surface area contributed by atoms with E-state index in [2.05, 4.69) is 82.1 Å². The summed E-state index contributed by atoms with van der Waals surface area (Å²) in [5.74, 6) is 4.26. The monoisotopic (exact) mass is 849 g/mol. The van der Waals surface area contributed by atoms with Crippen LogP contribution in [0.1, 0.15) is 148 Å². The highest BCUT2D eigenvalue weighted by Crippen LogP contribution is 2.63. The summed E-state index contributed by atoms with van der Waals surface area (Å²) in [6.07, 6.45) is 18.4. The molecule has 3 aliphatic carbocycles. The zero-order chi connectivity index (χ0) is 44.0. The number of nitrogens with zero attached hydrogens (tertiary/aromatic N) is 4. The molecule has 1 aromatic carbocycles. The number of aliphatic imine (C=N–C) groups is 3. The second-order valence-corrected chi connectivity index (χ2v) is 19.3. The topological polar surface area (TPSA) is 188 Å². The van der Waals surface area contributed by atoms with Gasteiger partial charge < -0.3 is 32.6 Å². The molecule has 0 saturated heterocycles. The first-order chi connectivity index (χ1) is 28.6. The third-order valence-electron chi connectivity index (χ3n) is 15.2. The number of esters is 1. The van der Waals surface area contributed by atoms with Crippen LogP contribution in [0.25, 0.3) is 0 Å². The van der Waals surface area contributed by atoms with Crippen LogP contribution < -0.4 is 22.9 Å². The SMILES string of the molecule is CCC(C)CCCC(C)C(CC)C1(C)CCC2C(CC=C3CC(OC(=O)c4ccc(C=NC(CS)C(=O)N(CCCN=C(N)N)CCCN=C(N)N)cc4)CCC32C)C1C. The number of carbonyl (C=O) groups excluding carboxylic acids is 2. The Morgan fingerprint density at radius 3 is 2.17 bits per heavy atom. The fraction of sp³-hybridized carbons (Fsp3) is 0.729. The molecule has 8 N–H and O–H groups in total. The minimum absolute atomic E-state index is 0.0130. The first-order valence-corrected chi connectivity index (χ1v) is 23.7. The van der Waals surface area contributed by atoms with Gasteiger partial charge in [-0.05, 0) is 109 Å². The third kappa shape index (κ3) is 12.8. The van der Waals surface area contributed by atoms with Gasteiger partial charge in [-0.15, -0.1) is 0 Å². The molecule has 0 bridgehead atoms.